The highest BCUT2D eigenvalue weighted by Crippen LogP contribution is 2.58. The van der Waals surface area contributed by atoms with Crippen molar-refractivity contribution in [2.45, 2.75) is 61.4 Å². The second-order valence-corrected chi connectivity index (χ2v) is 5.87. The maximum Gasteiger partial charge on any atom is 0.273 e. The molecule has 0 unspecified atom stereocenters. The van der Waals surface area contributed by atoms with Gasteiger partial charge in [-0.05, 0) is 12.8 Å². The van der Waals surface area contributed by atoms with Gasteiger partial charge in [0, 0.05) is 13.0 Å². The van der Waals surface area contributed by atoms with Gasteiger partial charge in [0.25, 0.3) is 6.48 Å². The van der Waals surface area contributed by atoms with Crippen LogP contribution in [0.4, 0.5) is 0 Å². The van der Waals surface area contributed by atoms with E-state index in [2.05, 4.69) is 0 Å². The van der Waals surface area contributed by atoms with E-state index < -0.39 is 23.8 Å². The summed E-state index contributed by atoms with van der Waals surface area (Å²) in [6.45, 7) is 0.718. The fourth-order valence-corrected chi connectivity index (χ4v) is 4.40. The van der Waals surface area contributed by atoms with Crippen LogP contribution in [0.15, 0.2) is 0 Å². The lowest BCUT2D eigenvalue weighted by molar-refractivity contribution is -0.532. The molecule has 7 atom stereocenters. The van der Waals surface area contributed by atoms with Crippen LogP contribution in [-0.4, -0.2) is 60.4 Å². The third-order valence-corrected chi connectivity index (χ3v) is 5.18. The van der Waals surface area contributed by atoms with Crippen molar-refractivity contribution in [2.75, 3.05) is 13.2 Å². The van der Waals surface area contributed by atoms with Crippen molar-refractivity contribution in [1.82, 2.24) is 0 Å². The number of aliphatic hydroxyl groups is 1. The Balaban J connectivity index is 1.66. The fraction of sp³-hybridized carbons (Fsp3) is 1.00. The van der Waals surface area contributed by atoms with Gasteiger partial charge in [0.1, 0.15) is 35.6 Å². The molecule has 0 aromatic carbocycles. The third-order valence-electron chi connectivity index (χ3n) is 5.18. The first-order valence-electron chi connectivity index (χ1n) is 6.69. The van der Waals surface area contributed by atoms with Gasteiger partial charge in [-0.15, -0.1) is 0 Å². The normalized spacial score (nSPS) is 64.8. The van der Waals surface area contributed by atoms with Gasteiger partial charge in [-0.3, -0.25) is 0 Å². The number of rotatable bonds is 0. The number of hydrogen-bond acceptors (Lipinski definition) is 6. The summed E-state index contributed by atoms with van der Waals surface area (Å²) >= 11 is 0. The Morgan fingerprint density at radius 2 is 1.56 bits per heavy atom. The summed E-state index contributed by atoms with van der Waals surface area (Å²) in [7, 11) is 0. The zero-order valence-electron chi connectivity index (χ0n) is 9.91. The topological polar surface area (TPSA) is 66.4 Å². The van der Waals surface area contributed by atoms with Gasteiger partial charge >= 0.3 is 0 Å². The van der Waals surface area contributed by atoms with Crippen LogP contribution >= 0.6 is 0 Å². The van der Waals surface area contributed by atoms with E-state index in [4.69, 9.17) is 23.7 Å². The van der Waals surface area contributed by atoms with Crippen LogP contribution in [0, 0.1) is 0 Å². The van der Waals surface area contributed by atoms with Crippen LogP contribution in [-0.2, 0) is 23.7 Å². The van der Waals surface area contributed by atoms with Crippen LogP contribution in [0.1, 0.15) is 19.3 Å². The molecule has 6 heteroatoms. The predicted molar refractivity (Wildman–Crippen MR) is 55.6 cm³/mol. The minimum atomic E-state index is -0.695. The molecule has 18 heavy (non-hydrogen) atoms. The number of aliphatic hydroxyl groups excluding tert-OH is 1. The van der Waals surface area contributed by atoms with Crippen molar-refractivity contribution >= 4 is 0 Å². The summed E-state index contributed by atoms with van der Waals surface area (Å²) in [5.41, 5.74) is -1.07. The van der Waals surface area contributed by atoms with Gasteiger partial charge in [-0.1, -0.05) is 0 Å². The molecule has 1 N–H and O–H groups in total. The molecule has 6 aliphatic rings. The van der Waals surface area contributed by atoms with E-state index in [0.717, 1.165) is 19.3 Å². The minimum Gasteiger partial charge on any atom is -0.387 e. The first-order valence-corrected chi connectivity index (χ1v) is 6.69. The van der Waals surface area contributed by atoms with Gasteiger partial charge in [-0.25, -0.2) is 0 Å². The largest absolute Gasteiger partial charge is 0.387 e. The summed E-state index contributed by atoms with van der Waals surface area (Å²) in [5.74, 6) is 0. The molecule has 0 aromatic heterocycles. The van der Waals surface area contributed by atoms with E-state index in [1.807, 2.05) is 0 Å². The maximum absolute atomic E-state index is 10.5. The first kappa shape index (κ1) is 10.5. The summed E-state index contributed by atoms with van der Waals surface area (Å²) in [6, 6.07) is 0. The van der Waals surface area contributed by atoms with Crippen LogP contribution in [0.25, 0.3) is 0 Å². The molecule has 1 saturated carbocycles. The highest BCUT2D eigenvalue weighted by Gasteiger charge is 2.77. The van der Waals surface area contributed by atoms with Gasteiger partial charge in [0.05, 0.1) is 6.61 Å². The van der Waals surface area contributed by atoms with E-state index in [9.17, 15) is 5.11 Å². The molecule has 6 nitrogen and oxygen atoms in total. The molecule has 1 aliphatic carbocycles. The van der Waals surface area contributed by atoms with Crippen LogP contribution in [0.3, 0.4) is 0 Å². The number of ether oxygens (including phenoxy) is 5. The summed E-state index contributed by atoms with van der Waals surface area (Å²) < 4.78 is 28.9. The lowest BCUT2D eigenvalue weighted by Crippen LogP contribution is -2.87. The smallest absolute Gasteiger partial charge is 0.273 e. The number of hydrogen-bond donors (Lipinski definition) is 1. The van der Waals surface area contributed by atoms with Gasteiger partial charge in [0.2, 0.25) is 0 Å². The highest BCUT2D eigenvalue weighted by atomic mass is 16.9. The average Bonchev–Trinajstić information content (AvgIpc) is 2.79. The Morgan fingerprint density at radius 1 is 0.889 bits per heavy atom. The molecular formula is C12H16O6. The minimum absolute atomic E-state index is 0.174. The van der Waals surface area contributed by atoms with Gasteiger partial charge in [0.15, 0.2) is 0 Å². The molecule has 4 bridgehead atoms. The molecule has 0 amide bonds. The lowest BCUT2D eigenvalue weighted by atomic mass is 9.62. The Labute approximate surface area is 104 Å². The van der Waals surface area contributed by atoms with Crippen molar-refractivity contribution in [3.8, 4) is 0 Å². The predicted octanol–water partition coefficient (Wildman–Crippen LogP) is -0.464. The monoisotopic (exact) mass is 256 g/mol. The zero-order valence-corrected chi connectivity index (χ0v) is 9.91. The van der Waals surface area contributed by atoms with Gasteiger partial charge in [-0.2, -0.15) is 0 Å². The second-order valence-electron chi connectivity index (χ2n) is 5.87. The van der Waals surface area contributed by atoms with E-state index in [0.29, 0.717) is 13.2 Å². The standard InChI is InChI=1S/C12H16O6/c13-6-7-11(2-1-4-14-11)9-12(3-5-15-12)8(6)17-10(16-7)18-9/h6-10,13H,1-5H2/t6-,7+,8-,9+,10-,11-,12+/m0/s1. The molecule has 2 spiro atoms. The van der Waals surface area contributed by atoms with Crippen LogP contribution < -0.4 is 0 Å². The third kappa shape index (κ3) is 0.930. The summed E-state index contributed by atoms with van der Waals surface area (Å²) in [6.07, 6.45) is 1.11. The lowest BCUT2D eigenvalue weighted by Gasteiger charge is -2.68. The highest BCUT2D eigenvalue weighted by molar-refractivity contribution is 5.24. The first-order chi connectivity index (χ1) is 8.76. The quantitative estimate of drug-likeness (QED) is 0.632. The Morgan fingerprint density at radius 3 is 2.11 bits per heavy atom. The zero-order chi connectivity index (χ0) is 12.0. The molecule has 5 heterocycles. The van der Waals surface area contributed by atoms with Crippen LogP contribution in [0.2, 0.25) is 0 Å². The average molecular weight is 256 g/mol. The molecule has 0 radical (unpaired) electrons. The molecular weight excluding hydrogens is 240 g/mol. The van der Waals surface area contributed by atoms with Crippen molar-refractivity contribution in [2.24, 2.45) is 0 Å². The van der Waals surface area contributed by atoms with Crippen LogP contribution in [0.5, 0.6) is 0 Å². The fourth-order valence-electron chi connectivity index (χ4n) is 4.40. The Kier molecular flexibility index (Phi) is 1.80. The van der Waals surface area contributed by atoms with E-state index in [-0.39, 0.29) is 18.3 Å². The maximum atomic E-state index is 10.5. The second kappa shape index (κ2) is 3.08. The van der Waals surface area contributed by atoms with Crippen molar-refractivity contribution in [3.63, 3.8) is 0 Å². The molecule has 0 aromatic rings. The van der Waals surface area contributed by atoms with Crippen molar-refractivity contribution in [1.29, 1.82) is 0 Å². The Hall–Kier alpha value is -0.240. The summed E-state index contributed by atoms with van der Waals surface area (Å²) in [4.78, 5) is 0. The molecule has 6 fully saturated rings. The molecule has 5 saturated heterocycles. The summed E-state index contributed by atoms with van der Waals surface area (Å²) in [5, 5.41) is 10.5. The SMILES string of the molecule is O[C@H]1[C@H]2O[C@@H]3O[C@@H]([C@@]4(CCO4)[C@H]1O3)[C@]21CCCO1. The van der Waals surface area contributed by atoms with Gasteiger partial charge < -0.3 is 28.8 Å². The molecule has 6 rings (SSSR count). The van der Waals surface area contributed by atoms with E-state index in [1.54, 1.807) is 0 Å². The van der Waals surface area contributed by atoms with Crippen molar-refractivity contribution < 1.29 is 28.8 Å². The Bertz CT molecular complexity index is 388. The molecule has 100 valence electrons. The van der Waals surface area contributed by atoms with Crippen molar-refractivity contribution in [3.05, 3.63) is 0 Å². The van der Waals surface area contributed by atoms with E-state index >= 15 is 0 Å². The van der Waals surface area contributed by atoms with E-state index in [1.165, 1.54) is 0 Å². The molecule has 5 aliphatic heterocycles.